The van der Waals surface area contributed by atoms with Gasteiger partial charge >= 0.3 is 5.97 Å². The Hall–Kier alpha value is -2.69. The van der Waals surface area contributed by atoms with Crippen molar-refractivity contribution in [2.75, 3.05) is 25.0 Å². The van der Waals surface area contributed by atoms with E-state index >= 15 is 0 Å². The number of nitrogens with zero attached hydrogens (tertiary/aromatic N) is 3. The number of ether oxygens (including phenoxy) is 2. The van der Waals surface area contributed by atoms with E-state index in [9.17, 15) is 9.59 Å². The van der Waals surface area contributed by atoms with Crippen LogP contribution in [-0.4, -0.2) is 52.0 Å². The fourth-order valence-electron chi connectivity index (χ4n) is 4.11. The van der Waals surface area contributed by atoms with Gasteiger partial charge in [-0.1, -0.05) is 47.5 Å². The van der Waals surface area contributed by atoms with Gasteiger partial charge in [0.2, 0.25) is 0 Å². The minimum absolute atomic E-state index is 0.140. The number of esters is 1. The van der Waals surface area contributed by atoms with Crippen molar-refractivity contribution < 1.29 is 14.3 Å². The van der Waals surface area contributed by atoms with Crippen molar-refractivity contribution in [3.63, 3.8) is 0 Å². The number of hydrogen-bond donors (Lipinski definition) is 1. The Balaban J connectivity index is 1.72. The number of hydrogen-bond acceptors (Lipinski definition) is 7. The molecule has 1 aliphatic heterocycles. The Morgan fingerprint density at radius 2 is 1.92 bits per heavy atom. The summed E-state index contributed by atoms with van der Waals surface area (Å²) in [4.78, 5) is 28.6. The number of halogens is 2. The van der Waals surface area contributed by atoms with Gasteiger partial charge in [0, 0.05) is 32.4 Å². The van der Waals surface area contributed by atoms with E-state index in [0.717, 1.165) is 5.56 Å². The molecule has 4 rings (SSSR count). The molecule has 11 heteroatoms. The van der Waals surface area contributed by atoms with Crippen LogP contribution in [0, 0.1) is 4.77 Å². The number of carbonyl (C=O) groups excluding carboxylic acids is 1. The molecule has 37 heavy (non-hydrogen) atoms. The number of para-hydroxylation sites is 1. The lowest BCUT2D eigenvalue weighted by atomic mass is 10.2. The molecular formula is C26H28Cl2N4O4S. The van der Waals surface area contributed by atoms with Crippen molar-refractivity contribution in [2.45, 2.75) is 32.7 Å². The van der Waals surface area contributed by atoms with Gasteiger partial charge in [0.05, 0.1) is 22.8 Å². The maximum atomic E-state index is 13.3. The maximum Gasteiger partial charge on any atom is 0.347 e. The van der Waals surface area contributed by atoms with Crippen LogP contribution in [0.5, 0.6) is 0 Å². The van der Waals surface area contributed by atoms with Gasteiger partial charge in [-0.3, -0.25) is 18.8 Å². The first-order valence-corrected chi connectivity index (χ1v) is 13.0. The lowest BCUT2D eigenvalue weighted by molar-refractivity contribution is -0.0167. The number of aromatic nitrogens is 2. The first kappa shape index (κ1) is 27.3. The molecule has 2 heterocycles. The quantitative estimate of drug-likeness (QED) is 0.319. The number of rotatable bonds is 7. The summed E-state index contributed by atoms with van der Waals surface area (Å²) in [7, 11) is 1.54. The average molecular weight is 564 g/mol. The molecule has 0 amide bonds. The monoisotopic (exact) mass is 562 g/mol. The lowest BCUT2D eigenvalue weighted by Gasteiger charge is -2.34. The standard InChI is InChI=1S/C26H28Cl2N4O4S/c1-16(2)36-25(34)22-23(32(18-7-5-4-6-8-18)26(37)30(3)24(22)33)29-21-15-31(11-12-35-21)14-17-9-10-19(27)20(28)13-17/h4-10,13,16,21,29H,11-12,14-15H2,1-3H3. The Morgan fingerprint density at radius 1 is 1.19 bits per heavy atom. The maximum absolute atomic E-state index is 13.3. The SMILES string of the molecule is CC(C)OC(=O)c1c(NC2CN(Cc3ccc(Cl)c(Cl)c3)CCO2)n(-c2ccccc2)c(=S)n(C)c1=O. The Labute approximate surface area is 230 Å². The Bertz CT molecular complexity index is 1410. The van der Waals surface area contributed by atoms with Gasteiger partial charge < -0.3 is 14.8 Å². The Kier molecular flexibility index (Phi) is 8.71. The van der Waals surface area contributed by atoms with Gasteiger partial charge in [-0.05, 0) is 55.9 Å². The van der Waals surface area contributed by atoms with Crippen LogP contribution < -0.4 is 10.9 Å². The smallest absolute Gasteiger partial charge is 0.347 e. The minimum Gasteiger partial charge on any atom is -0.459 e. The molecule has 1 atom stereocenters. The third-order valence-corrected chi connectivity index (χ3v) is 7.05. The number of carbonyl (C=O) groups is 1. The van der Waals surface area contributed by atoms with Crippen LogP contribution in [0.4, 0.5) is 5.82 Å². The van der Waals surface area contributed by atoms with Crippen LogP contribution in [0.15, 0.2) is 53.3 Å². The van der Waals surface area contributed by atoms with Gasteiger partial charge in [0.1, 0.15) is 12.0 Å². The predicted molar refractivity (Wildman–Crippen MR) is 147 cm³/mol. The lowest BCUT2D eigenvalue weighted by Crippen LogP contribution is -2.46. The molecule has 1 saturated heterocycles. The summed E-state index contributed by atoms with van der Waals surface area (Å²) < 4.78 is 14.6. The van der Waals surface area contributed by atoms with E-state index in [2.05, 4.69) is 10.2 Å². The molecule has 1 unspecified atom stereocenters. The van der Waals surface area contributed by atoms with Crippen LogP contribution in [0.1, 0.15) is 29.8 Å². The minimum atomic E-state index is -0.735. The van der Waals surface area contributed by atoms with E-state index in [1.807, 2.05) is 42.5 Å². The molecule has 8 nitrogen and oxygen atoms in total. The molecule has 1 aromatic heterocycles. The number of nitrogens with one attached hydrogen (secondary N) is 1. The van der Waals surface area contributed by atoms with Crippen LogP contribution in [0.3, 0.4) is 0 Å². The normalized spacial score (nSPS) is 16.1. The second kappa shape index (κ2) is 11.8. The zero-order valence-electron chi connectivity index (χ0n) is 20.7. The number of benzene rings is 2. The van der Waals surface area contributed by atoms with Crippen molar-refractivity contribution in [2.24, 2.45) is 7.05 Å². The molecule has 3 aromatic rings. The molecule has 0 aliphatic carbocycles. The van der Waals surface area contributed by atoms with E-state index in [1.165, 1.54) is 11.6 Å². The number of anilines is 1. The van der Waals surface area contributed by atoms with Gasteiger partial charge in [-0.2, -0.15) is 0 Å². The van der Waals surface area contributed by atoms with Gasteiger partial charge in [-0.25, -0.2) is 4.79 Å². The summed E-state index contributed by atoms with van der Waals surface area (Å²) in [5.74, 6) is -0.507. The molecule has 0 saturated carbocycles. The van der Waals surface area contributed by atoms with Crippen molar-refractivity contribution in [3.8, 4) is 5.69 Å². The predicted octanol–water partition coefficient (Wildman–Crippen LogP) is 5.05. The summed E-state index contributed by atoms with van der Waals surface area (Å²) in [5, 5.41) is 4.29. The van der Waals surface area contributed by atoms with E-state index in [-0.39, 0.29) is 16.2 Å². The zero-order chi connectivity index (χ0) is 26.7. The van der Waals surface area contributed by atoms with E-state index in [0.29, 0.717) is 42.0 Å². The largest absolute Gasteiger partial charge is 0.459 e. The van der Waals surface area contributed by atoms with Crippen LogP contribution in [0.25, 0.3) is 5.69 Å². The third-order valence-electron chi connectivity index (χ3n) is 5.86. The second-order valence-electron chi connectivity index (χ2n) is 8.98. The molecule has 2 aromatic carbocycles. The van der Waals surface area contributed by atoms with E-state index < -0.39 is 23.9 Å². The van der Waals surface area contributed by atoms with Gasteiger partial charge in [0.15, 0.2) is 10.3 Å². The topological polar surface area (TPSA) is 77.7 Å². The molecule has 196 valence electrons. The van der Waals surface area contributed by atoms with Crippen LogP contribution >= 0.6 is 35.4 Å². The fourth-order valence-corrected chi connectivity index (χ4v) is 4.71. The Morgan fingerprint density at radius 3 is 2.59 bits per heavy atom. The zero-order valence-corrected chi connectivity index (χ0v) is 23.1. The molecule has 1 aliphatic rings. The highest BCUT2D eigenvalue weighted by Gasteiger charge is 2.29. The highest BCUT2D eigenvalue weighted by atomic mass is 35.5. The number of morpholine rings is 1. The van der Waals surface area contributed by atoms with E-state index in [4.69, 9.17) is 44.9 Å². The van der Waals surface area contributed by atoms with Gasteiger partial charge in [-0.15, -0.1) is 0 Å². The molecule has 0 bridgehead atoms. The summed E-state index contributed by atoms with van der Waals surface area (Å²) in [5.41, 5.74) is 1.01. The fraction of sp³-hybridized carbons (Fsp3) is 0.346. The molecular weight excluding hydrogens is 535 g/mol. The van der Waals surface area contributed by atoms with Gasteiger partial charge in [0.25, 0.3) is 5.56 Å². The molecule has 1 N–H and O–H groups in total. The second-order valence-corrected chi connectivity index (χ2v) is 10.2. The first-order valence-electron chi connectivity index (χ1n) is 11.8. The van der Waals surface area contributed by atoms with Crippen molar-refractivity contribution in [3.05, 3.63) is 84.8 Å². The van der Waals surface area contributed by atoms with Crippen molar-refractivity contribution >= 4 is 47.2 Å². The van der Waals surface area contributed by atoms with Crippen molar-refractivity contribution in [1.29, 1.82) is 0 Å². The molecule has 0 spiro atoms. The van der Waals surface area contributed by atoms with Crippen LogP contribution in [-0.2, 0) is 23.1 Å². The third kappa shape index (κ3) is 6.25. The van der Waals surface area contributed by atoms with E-state index in [1.54, 1.807) is 24.5 Å². The van der Waals surface area contributed by atoms with Crippen LogP contribution in [0.2, 0.25) is 10.0 Å². The molecule has 1 fully saturated rings. The summed E-state index contributed by atoms with van der Waals surface area (Å²) in [6.07, 6.45) is -0.940. The highest BCUT2D eigenvalue weighted by Crippen LogP contribution is 2.25. The summed E-state index contributed by atoms with van der Waals surface area (Å²) >= 11 is 17.9. The first-order chi connectivity index (χ1) is 17.7. The highest BCUT2D eigenvalue weighted by molar-refractivity contribution is 7.71. The molecule has 0 radical (unpaired) electrons. The summed E-state index contributed by atoms with van der Waals surface area (Å²) in [6.45, 7) is 5.71. The van der Waals surface area contributed by atoms with Crippen molar-refractivity contribution in [1.82, 2.24) is 14.0 Å². The summed E-state index contributed by atoms with van der Waals surface area (Å²) in [6, 6.07) is 14.8. The average Bonchev–Trinajstić information content (AvgIpc) is 2.85.